The van der Waals surface area contributed by atoms with E-state index >= 15 is 0 Å². The van der Waals surface area contributed by atoms with E-state index in [4.69, 9.17) is 0 Å². The van der Waals surface area contributed by atoms with Gasteiger partial charge in [-0.25, -0.2) is 0 Å². The van der Waals surface area contributed by atoms with Gasteiger partial charge in [-0.05, 0) is 50.9 Å². The van der Waals surface area contributed by atoms with Crippen molar-refractivity contribution in [1.82, 2.24) is 15.5 Å². The number of piperidine rings is 1. The standard InChI is InChI=1S/C19H22N4O4/c1-19(7-2-8-21-19)10-20-11-3-4-12-13(9-11)18(27)23(17(12)26)14-5-6-15(24)22-16(14)25/h3-4,9,14,20-21H,2,5-8,10H2,1H3,(H,22,24,25). The number of nitrogens with zero attached hydrogens (tertiary/aromatic N) is 1. The maximum atomic E-state index is 12.8. The van der Waals surface area contributed by atoms with E-state index in [0.29, 0.717) is 17.7 Å². The fourth-order valence-electron chi connectivity index (χ4n) is 3.99. The van der Waals surface area contributed by atoms with Gasteiger partial charge < -0.3 is 10.6 Å². The second-order valence-corrected chi connectivity index (χ2v) is 7.65. The normalized spacial score (nSPS) is 27.7. The summed E-state index contributed by atoms with van der Waals surface area (Å²) >= 11 is 0. The highest BCUT2D eigenvalue weighted by molar-refractivity contribution is 6.23. The highest BCUT2D eigenvalue weighted by Gasteiger charge is 2.44. The summed E-state index contributed by atoms with van der Waals surface area (Å²) in [7, 11) is 0. The second kappa shape index (κ2) is 6.45. The molecule has 27 heavy (non-hydrogen) atoms. The summed E-state index contributed by atoms with van der Waals surface area (Å²) < 4.78 is 0. The molecule has 1 aromatic carbocycles. The molecule has 2 fully saturated rings. The molecule has 3 heterocycles. The zero-order valence-corrected chi connectivity index (χ0v) is 15.1. The number of carbonyl (C=O) groups excluding carboxylic acids is 4. The molecule has 0 aliphatic carbocycles. The Labute approximate surface area is 156 Å². The van der Waals surface area contributed by atoms with Crippen LogP contribution in [0.2, 0.25) is 0 Å². The predicted octanol–water partition coefficient (Wildman–Crippen LogP) is 0.642. The van der Waals surface area contributed by atoms with Crippen LogP contribution in [-0.2, 0) is 9.59 Å². The van der Waals surface area contributed by atoms with Crippen LogP contribution in [0.25, 0.3) is 0 Å². The molecule has 0 bridgehead atoms. The third kappa shape index (κ3) is 3.10. The highest BCUT2D eigenvalue weighted by Crippen LogP contribution is 2.30. The quantitative estimate of drug-likeness (QED) is 0.672. The number of imide groups is 2. The molecule has 8 heteroatoms. The van der Waals surface area contributed by atoms with Gasteiger partial charge in [0.25, 0.3) is 11.8 Å². The number of nitrogens with one attached hydrogen (secondary N) is 3. The first-order valence-electron chi connectivity index (χ1n) is 9.22. The van der Waals surface area contributed by atoms with Gasteiger partial charge in [0.05, 0.1) is 11.1 Å². The van der Waals surface area contributed by atoms with Gasteiger partial charge in [-0.2, -0.15) is 0 Å². The van der Waals surface area contributed by atoms with Crippen LogP contribution >= 0.6 is 0 Å². The van der Waals surface area contributed by atoms with Crippen molar-refractivity contribution < 1.29 is 19.2 Å². The van der Waals surface area contributed by atoms with E-state index in [2.05, 4.69) is 22.9 Å². The van der Waals surface area contributed by atoms with Crippen LogP contribution < -0.4 is 16.0 Å². The lowest BCUT2D eigenvalue weighted by atomic mass is 10.0. The van der Waals surface area contributed by atoms with Crippen LogP contribution in [-0.4, -0.2) is 53.2 Å². The Hall–Kier alpha value is -2.74. The van der Waals surface area contributed by atoms with E-state index in [1.54, 1.807) is 18.2 Å². The number of amides is 4. The molecule has 2 saturated heterocycles. The number of fused-ring (bicyclic) bond motifs is 1. The molecule has 0 spiro atoms. The van der Waals surface area contributed by atoms with E-state index in [1.807, 2.05) is 0 Å². The van der Waals surface area contributed by atoms with E-state index in [0.717, 1.165) is 30.0 Å². The van der Waals surface area contributed by atoms with E-state index < -0.39 is 23.8 Å². The first-order valence-corrected chi connectivity index (χ1v) is 9.22. The number of carbonyl (C=O) groups is 4. The van der Waals surface area contributed by atoms with Crippen molar-refractivity contribution >= 4 is 29.3 Å². The SMILES string of the molecule is CC1(CNc2ccc3c(c2)C(=O)N(C2CCC(=O)NC2=O)C3=O)CCCN1. The number of hydrogen-bond acceptors (Lipinski definition) is 6. The Morgan fingerprint density at radius 1 is 1.19 bits per heavy atom. The summed E-state index contributed by atoms with van der Waals surface area (Å²) in [5.74, 6) is -1.95. The summed E-state index contributed by atoms with van der Waals surface area (Å²) in [5.41, 5.74) is 1.35. The molecular weight excluding hydrogens is 348 g/mol. The van der Waals surface area contributed by atoms with Crippen molar-refractivity contribution in [2.75, 3.05) is 18.4 Å². The van der Waals surface area contributed by atoms with Crippen LogP contribution in [0.15, 0.2) is 18.2 Å². The number of benzene rings is 1. The maximum absolute atomic E-state index is 12.8. The number of hydrogen-bond donors (Lipinski definition) is 3. The molecule has 8 nitrogen and oxygen atoms in total. The molecule has 4 amide bonds. The summed E-state index contributed by atoms with van der Waals surface area (Å²) in [6.07, 6.45) is 2.48. The van der Waals surface area contributed by atoms with Gasteiger partial charge in [0.1, 0.15) is 6.04 Å². The molecule has 0 saturated carbocycles. The number of rotatable bonds is 4. The lowest BCUT2D eigenvalue weighted by molar-refractivity contribution is -0.136. The van der Waals surface area contributed by atoms with Crippen molar-refractivity contribution in [1.29, 1.82) is 0 Å². The lowest BCUT2D eigenvalue weighted by Gasteiger charge is -2.27. The van der Waals surface area contributed by atoms with Crippen molar-refractivity contribution in [3.05, 3.63) is 29.3 Å². The molecule has 3 N–H and O–H groups in total. The molecule has 142 valence electrons. The van der Waals surface area contributed by atoms with Crippen LogP contribution in [0.1, 0.15) is 53.3 Å². The van der Waals surface area contributed by atoms with Crippen LogP contribution in [0.4, 0.5) is 5.69 Å². The Balaban J connectivity index is 1.53. The van der Waals surface area contributed by atoms with Crippen LogP contribution in [0, 0.1) is 0 Å². The van der Waals surface area contributed by atoms with Crippen LogP contribution in [0.5, 0.6) is 0 Å². The van der Waals surface area contributed by atoms with E-state index in [9.17, 15) is 19.2 Å². The Morgan fingerprint density at radius 3 is 2.67 bits per heavy atom. The van der Waals surface area contributed by atoms with Gasteiger partial charge in [-0.15, -0.1) is 0 Å². The third-order valence-corrected chi connectivity index (χ3v) is 5.58. The molecule has 0 radical (unpaired) electrons. The zero-order valence-electron chi connectivity index (χ0n) is 15.1. The first-order chi connectivity index (χ1) is 12.9. The second-order valence-electron chi connectivity index (χ2n) is 7.65. The predicted molar refractivity (Wildman–Crippen MR) is 97.2 cm³/mol. The minimum Gasteiger partial charge on any atom is -0.383 e. The Kier molecular flexibility index (Phi) is 4.22. The third-order valence-electron chi connectivity index (χ3n) is 5.58. The topological polar surface area (TPSA) is 108 Å². The lowest BCUT2D eigenvalue weighted by Crippen LogP contribution is -2.54. The molecule has 2 unspecified atom stereocenters. The van der Waals surface area contributed by atoms with Crippen molar-refractivity contribution in [3.8, 4) is 0 Å². The van der Waals surface area contributed by atoms with Gasteiger partial charge in [-0.3, -0.25) is 29.4 Å². The summed E-state index contributed by atoms with van der Waals surface area (Å²) in [6.45, 7) is 3.86. The molecule has 3 aliphatic heterocycles. The van der Waals surface area contributed by atoms with E-state index in [1.165, 1.54) is 0 Å². The van der Waals surface area contributed by atoms with Gasteiger partial charge in [0, 0.05) is 24.2 Å². The summed E-state index contributed by atoms with van der Waals surface area (Å²) in [6, 6.07) is 4.12. The van der Waals surface area contributed by atoms with Gasteiger partial charge in [0.15, 0.2) is 0 Å². The summed E-state index contributed by atoms with van der Waals surface area (Å²) in [4.78, 5) is 49.9. The first kappa shape index (κ1) is 17.7. The minimum atomic E-state index is -0.937. The van der Waals surface area contributed by atoms with Crippen molar-refractivity contribution in [2.24, 2.45) is 0 Å². The van der Waals surface area contributed by atoms with Gasteiger partial charge >= 0.3 is 0 Å². The van der Waals surface area contributed by atoms with Crippen molar-refractivity contribution in [3.63, 3.8) is 0 Å². The zero-order chi connectivity index (χ0) is 19.2. The number of anilines is 1. The van der Waals surface area contributed by atoms with Gasteiger partial charge in [-0.1, -0.05) is 0 Å². The fourth-order valence-corrected chi connectivity index (χ4v) is 3.99. The molecule has 2 atom stereocenters. The minimum absolute atomic E-state index is 0.0115. The Morgan fingerprint density at radius 2 is 1.96 bits per heavy atom. The monoisotopic (exact) mass is 370 g/mol. The molecule has 1 aromatic rings. The van der Waals surface area contributed by atoms with E-state index in [-0.39, 0.29) is 24.3 Å². The molecule has 3 aliphatic rings. The largest absolute Gasteiger partial charge is 0.383 e. The average molecular weight is 370 g/mol. The molecule has 0 aromatic heterocycles. The summed E-state index contributed by atoms with van der Waals surface area (Å²) in [5, 5.41) is 9.00. The molecular formula is C19H22N4O4. The van der Waals surface area contributed by atoms with Crippen molar-refractivity contribution in [2.45, 2.75) is 44.2 Å². The van der Waals surface area contributed by atoms with Crippen LogP contribution in [0.3, 0.4) is 0 Å². The smallest absolute Gasteiger partial charge is 0.262 e. The highest BCUT2D eigenvalue weighted by atomic mass is 16.2. The average Bonchev–Trinajstić information content (AvgIpc) is 3.17. The molecule has 4 rings (SSSR count). The fraction of sp³-hybridized carbons (Fsp3) is 0.474. The Bertz CT molecular complexity index is 844. The van der Waals surface area contributed by atoms with Gasteiger partial charge in [0.2, 0.25) is 11.8 Å². The maximum Gasteiger partial charge on any atom is 0.262 e.